The molecule has 2 N–H and O–H groups in total. The van der Waals surface area contributed by atoms with Crippen LogP contribution in [0.2, 0.25) is 0 Å². The van der Waals surface area contributed by atoms with E-state index in [0.29, 0.717) is 12.5 Å². The smallest absolute Gasteiger partial charge is 0.410 e. The molecule has 18 heavy (non-hydrogen) atoms. The first kappa shape index (κ1) is 15.2. The molecule has 0 aromatic heterocycles. The standard InChI is InChI=1S/C13H26N2O3/c1-13(2,3)18-12(16)15(4)11(9-14)10-5-7-17-8-6-10/h10-11H,5-9,14H2,1-4H3. The fraction of sp³-hybridized carbons (Fsp3) is 0.923. The summed E-state index contributed by atoms with van der Waals surface area (Å²) in [6.45, 7) is 7.56. The van der Waals surface area contributed by atoms with E-state index in [-0.39, 0.29) is 12.1 Å². The van der Waals surface area contributed by atoms with Crippen LogP contribution in [-0.2, 0) is 9.47 Å². The molecule has 0 bridgehead atoms. The lowest BCUT2D eigenvalue weighted by molar-refractivity contribution is 0.00137. The van der Waals surface area contributed by atoms with E-state index in [1.807, 2.05) is 20.8 Å². The summed E-state index contributed by atoms with van der Waals surface area (Å²) in [6, 6.07) is 0.0312. The molecule has 0 aromatic rings. The zero-order valence-corrected chi connectivity index (χ0v) is 11.9. The van der Waals surface area contributed by atoms with Gasteiger partial charge in [-0.25, -0.2) is 4.79 Å². The zero-order chi connectivity index (χ0) is 13.8. The molecule has 1 aliphatic rings. The highest BCUT2D eigenvalue weighted by molar-refractivity contribution is 5.68. The molecule has 5 nitrogen and oxygen atoms in total. The van der Waals surface area contributed by atoms with Gasteiger partial charge in [-0.1, -0.05) is 0 Å². The summed E-state index contributed by atoms with van der Waals surface area (Å²) in [5.74, 6) is 0.404. The zero-order valence-electron chi connectivity index (χ0n) is 11.9. The van der Waals surface area contributed by atoms with Crippen molar-refractivity contribution >= 4 is 6.09 Å². The normalized spacial score (nSPS) is 19.4. The van der Waals surface area contributed by atoms with E-state index in [4.69, 9.17) is 15.2 Å². The van der Waals surface area contributed by atoms with E-state index in [1.54, 1.807) is 11.9 Å². The third kappa shape index (κ3) is 4.46. The lowest BCUT2D eigenvalue weighted by Crippen LogP contribution is -2.49. The Morgan fingerprint density at radius 3 is 2.44 bits per heavy atom. The number of hydrogen-bond donors (Lipinski definition) is 1. The quantitative estimate of drug-likeness (QED) is 0.835. The molecule has 1 rings (SSSR count). The number of carbonyl (C=O) groups excluding carboxylic acids is 1. The molecule has 1 saturated heterocycles. The number of rotatable bonds is 3. The summed E-state index contributed by atoms with van der Waals surface area (Å²) in [5, 5.41) is 0. The van der Waals surface area contributed by atoms with Crippen molar-refractivity contribution in [3.8, 4) is 0 Å². The number of carbonyl (C=O) groups is 1. The molecule has 1 heterocycles. The third-order valence-corrected chi connectivity index (χ3v) is 3.23. The minimum atomic E-state index is -0.472. The maximum absolute atomic E-state index is 12.0. The molecule has 0 aliphatic carbocycles. The molecule has 1 aliphatic heterocycles. The number of likely N-dealkylation sites (N-methyl/N-ethyl adjacent to an activating group) is 1. The van der Waals surface area contributed by atoms with Gasteiger partial charge in [0.25, 0.3) is 0 Å². The Balaban J connectivity index is 2.60. The first-order valence-corrected chi connectivity index (χ1v) is 6.59. The lowest BCUT2D eigenvalue weighted by atomic mass is 9.91. The lowest BCUT2D eigenvalue weighted by Gasteiger charge is -2.36. The van der Waals surface area contributed by atoms with Crippen LogP contribution in [0.25, 0.3) is 0 Å². The minimum Gasteiger partial charge on any atom is -0.444 e. The molecule has 1 amide bonds. The van der Waals surface area contributed by atoms with Gasteiger partial charge in [-0.05, 0) is 39.5 Å². The Kier molecular flexibility index (Phi) is 5.41. The van der Waals surface area contributed by atoms with Gasteiger partial charge in [0.2, 0.25) is 0 Å². The van der Waals surface area contributed by atoms with Crippen LogP contribution in [0, 0.1) is 5.92 Å². The van der Waals surface area contributed by atoms with Gasteiger partial charge in [-0.2, -0.15) is 0 Å². The maximum Gasteiger partial charge on any atom is 0.410 e. The first-order chi connectivity index (χ1) is 8.35. The maximum atomic E-state index is 12.0. The predicted octanol–water partition coefficient (Wildman–Crippen LogP) is 1.61. The van der Waals surface area contributed by atoms with Crippen molar-refractivity contribution in [1.82, 2.24) is 4.90 Å². The molecule has 0 saturated carbocycles. The fourth-order valence-electron chi connectivity index (χ4n) is 2.24. The van der Waals surface area contributed by atoms with E-state index in [2.05, 4.69) is 0 Å². The van der Waals surface area contributed by atoms with Gasteiger partial charge in [0.05, 0.1) is 0 Å². The topological polar surface area (TPSA) is 64.8 Å². The van der Waals surface area contributed by atoms with Crippen molar-refractivity contribution in [3.63, 3.8) is 0 Å². The average molecular weight is 258 g/mol. The SMILES string of the molecule is CN(C(=O)OC(C)(C)C)C(CN)C1CCOCC1. The minimum absolute atomic E-state index is 0.0312. The van der Waals surface area contributed by atoms with Crippen molar-refractivity contribution in [1.29, 1.82) is 0 Å². The van der Waals surface area contributed by atoms with Gasteiger partial charge in [0.15, 0.2) is 0 Å². The average Bonchev–Trinajstić information content (AvgIpc) is 2.29. The van der Waals surface area contributed by atoms with Crippen LogP contribution >= 0.6 is 0 Å². The highest BCUT2D eigenvalue weighted by Gasteiger charge is 2.31. The van der Waals surface area contributed by atoms with Crippen molar-refractivity contribution in [2.45, 2.75) is 45.3 Å². The van der Waals surface area contributed by atoms with Gasteiger partial charge < -0.3 is 20.1 Å². The second-order valence-electron chi connectivity index (χ2n) is 5.84. The Hall–Kier alpha value is -0.810. The molecular weight excluding hydrogens is 232 g/mol. The molecule has 0 radical (unpaired) electrons. The van der Waals surface area contributed by atoms with E-state index < -0.39 is 5.60 Å². The van der Waals surface area contributed by atoms with Crippen LogP contribution in [0.15, 0.2) is 0 Å². The highest BCUT2D eigenvalue weighted by atomic mass is 16.6. The van der Waals surface area contributed by atoms with Crippen LogP contribution in [0.4, 0.5) is 4.79 Å². The molecule has 0 aromatic carbocycles. The number of hydrogen-bond acceptors (Lipinski definition) is 4. The van der Waals surface area contributed by atoms with Crippen LogP contribution in [-0.4, -0.2) is 49.4 Å². The Morgan fingerprint density at radius 2 is 2.00 bits per heavy atom. The number of ether oxygens (including phenoxy) is 2. The Labute approximate surface area is 110 Å². The summed E-state index contributed by atoms with van der Waals surface area (Å²) in [4.78, 5) is 13.7. The molecule has 1 fully saturated rings. The van der Waals surface area contributed by atoms with E-state index >= 15 is 0 Å². The number of nitrogens with zero attached hydrogens (tertiary/aromatic N) is 1. The number of nitrogens with two attached hydrogens (primary N) is 1. The van der Waals surface area contributed by atoms with Crippen LogP contribution in [0.3, 0.4) is 0 Å². The highest BCUT2D eigenvalue weighted by Crippen LogP contribution is 2.23. The van der Waals surface area contributed by atoms with Crippen LogP contribution in [0.1, 0.15) is 33.6 Å². The van der Waals surface area contributed by atoms with Crippen molar-refractivity contribution < 1.29 is 14.3 Å². The van der Waals surface area contributed by atoms with Gasteiger partial charge in [0.1, 0.15) is 5.60 Å². The van der Waals surface area contributed by atoms with Crippen LogP contribution in [0.5, 0.6) is 0 Å². The van der Waals surface area contributed by atoms with Gasteiger partial charge in [0, 0.05) is 32.8 Å². The monoisotopic (exact) mass is 258 g/mol. The van der Waals surface area contributed by atoms with E-state index in [0.717, 1.165) is 26.1 Å². The second-order valence-corrected chi connectivity index (χ2v) is 5.84. The van der Waals surface area contributed by atoms with Crippen molar-refractivity contribution in [2.75, 3.05) is 26.8 Å². The van der Waals surface area contributed by atoms with Crippen molar-refractivity contribution in [2.24, 2.45) is 11.7 Å². The van der Waals surface area contributed by atoms with E-state index in [1.165, 1.54) is 0 Å². The molecule has 1 unspecified atom stereocenters. The summed E-state index contributed by atoms with van der Waals surface area (Å²) in [6.07, 6.45) is 1.61. The molecule has 1 atom stereocenters. The summed E-state index contributed by atoms with van der Waals surface area (Å²) in [7, 11) is 1.76. The first-order valence-electron chi connectivity index (χ1n) is 6.59. The van der Waals surface area contributed by atoms with Crippen LogP contribution < -0.4 is 5.73 Å². The summed E-state index contributed by atoms with van der Waals surface area (Å²) >= 11 is 0. The second kappa shape index (κ2) is 6.38. The van der Waals surface area contributed by atoms with Crippen molar-refractivity contribution in [3.05, 3.63) is 0 Å². The number of amides is 1. The molecular formula is C13H26N2O3. The van der Waals surface area contributed by atoms with E-state index in [9.17, 15) is 4.79 Å². The summed E-state index contributed by atoms with van der Waals surface area (Å²) < 4.78 is 10.7. The van der Waals surface area contributed by atoms with Gasteiger partial charge in [-0.3, -0.25) is 0 Å². The molecule has 5 heteroatoms. The predicted molar refractivity (Wildman–Crippen MR) is 70.4 cm³/mol. The largest absolute Gasteiger partial charge is 0.444 e. The molecule has 0 spiro atoms. The summed E-state index contributed by atoms with van der Waals surface area (Å²) in [5.41, 5.74) is 5.34. The Morgan fingerprint density at radius 1 is 1.44 bits per heavy atom. The van der Waals surface area contributed by atoms with Gasteiger partial charge in [-0.15, -0.1) is 0 Å². The fourth-order valence-corrected chi connectivity index (χ4v) is 2.24. The van der Waals surface area contributed by atoms with Gasteiger partial charge >= 0.3 is 6.09 Å². The molecule has 106 valence electrons. The third-order valence-electron chi connectivity index (χ3n) is 3.23. The Bertz CT molecular complexity index is 270.